The lowest BCUT2D eigenvalue weighted by Crippen LogP contribution is -2.27. The Morgan fingerprint density at radius 3 is 2.78 bits per heavy atom. The largest absolute Gasteiger partial charge is 0.496 e. The van der Waals surface area contributed by atoms with Crippen LogP contribution in [-0.2, 0) is 0 Å². The molecule has 7 heteroatoms. The van der Waals surface area contributed by atoms with Crippen molar-refractivity contribution < 1.29 is 14.1 Å². The zero-order valence-electron chi connectivity index (χ0n) is 14.8. The maximum atomic E-state index is 12.6. The summed E-state index contributed by atoms with van der Waals surface area (Å²) >= 11 is 6.00. The summed E-state index contributed by atoms with van der Waals surface area (Å²) in [7, 11) is 1.56. The summed E-state index contributed by atoms with van der Waals surface area (Å²) < 4.78 is 10.7. The van der Waals surface area contributed by atoms with Gasteiger partial charge in [0.05, 0.1) is 12.7 Å². The Labute approximate surface area is 161 Å². The Morgan fingerprint density at radius 2 is 2.00 bits per heavy atom. The molecule has 138 valence electrons. The van der Waals surface area contributed by atoms with Crippen LogP contribution in [0, 0.1) is 0 Å². The van der Waals surface area contributed by atoms with Gasteiger partial charge in [0, 0.05) is 29.2 Å². The van der Waals surface area contributed by atoms with Crippen LogP contribution in [0.3, 0.4) is 0 Å². The molecule has 0 radical (unpaired) electrons. The van der Waals surface area contributed by atoms with E-state index in [2.05, 4.69) is 10.1 Å². The van der Waals surface area contributed by atoms with Crippen LogP contribution in [0.4, 0.5) is 0 Å². The van der Waals surface area contributed by atoms with Crippen LogP contribution >= 0.6 is 11.6 Å². The monoisotopic (exact) mass is 383 g/mol. The van der Waals surface area contributed by atoms with Gasteiger partial charge < -0.3 is 14.2 Å². The minimum absolute atomic E-state index is 0.0393. The van der Waals surface area contributed by atoms with E-state index in [1.54, 1.807) is 31.4 Å². The van der Waals surface area contributed by atoms with Crippen molar-refractivity contribution in [2.75, 3.05) is 20.2 Å². The first-order chi connectivity index (χ1) is 13.2. The number of aromatic nitrogens is 2. The van der Waals surface area contributed by atoms with E-state index in [0.29, 0.717) is 33.6 Å². The molecule has 0 saturated carbocycles. The number of hydrogen-bond donors (Lipinski definition) is 0. The molecule has 1 aromatic heterocycles. The standard InChI is InChI=1S/C20H18ClN3O3/c1-26-17-12-15(21)7-8-16(17)19-22-18(23-27-19)13-5-4-6-14(11-13)20(25)24-9-2-3-10-24/h4-8,11-12H,2-3,9-10H2,1H3. The Balaban J connectivity index is 1.64. The molecule has 6 nitrogen and oxygen atoms in total. The molecule has 0 N–H and O–H groups in total. The van der Waals surface area contributed by atoms with Crippen molar-refractivity contribution in [3.8, 4) is 28.6 Å². The molecule has 4 rings (SSSR count). The number of carbonyl (C=O) groups is 1. The van der Waals surface area contributed by atoms with Gasteiger partial charge in [-0.2, -0.15) is 4.98 Å². The van der Waals surface area contributed by atoms with Crippen LogP contribution < -0.4 is 4.74 Å². The summed E-state index contributed by atoms with van der Waals surface area (Å²) in [6.45, 7) is 1.62. The molecular formula is C20H18ClN3O3. The van der Waals surface area contributed by atoms with Crippen LogP contribution in [0.15, 0.2) is 47.0 Å². The number of nitrogens with zero attached hydrogens (tertiary/aromatic N) is 3. The summed E-state index contributed by atoms with van der Waals surface area (Å²) in [5.74, 6) is 1.33. The number of carbonyl (C=O) groups excluding carboxylic acids is 1. The van der Waals surface area contributed by atoms with Crippen LogP contribution in [0.5, 0.6) is 5.75 Å². The van der Waals surface area contributed by atoms with E-state index < -0.39 is 0 Å². The second kappa shape index (κ2) is 7.40. The van der Waals surface area contributed by atoms with Gasteiger partial charge in [-0.25, -0.2) is 0 Å². The first-order valence-electron chi connectivity index (χ1n) is 8.73. The van der Waals surface area contributed by atoms with Gasteiger partial charge in [-0.15, -0.1) is 0 Å². The second-order valence-corrected chi connectivity index (χ2v) is 6.78. The lowest BCUT2D eigenvalue weighted by Gasteiger charge is -2.15. The summed E-state index contributed by atoms with van der Waals surface area (Å²) in [5, 5.41) is 4.62. The third-order valence-electron chi connectivity index (χ3n) is 4.58. The van der Waals surface area contributed by atoms with Gasteiger partial charge in [-0.3, -0.25) is 4.79 Å². The summed E-state index contributed by atoms with van der Waals surface area (Å²) in [6.07, 6.45) is 2.12. The number of benzene rings is 2. The molecule has 0 spiro atoms. The fourth-order valence-corrected chi connectivity index (χ4v) is 3.35. The predicted octanol–water partition coefficient (Wildman–Crippen LogP) is 4.30. The van der Waals surface area contributed by atoms with Gasteiger partial charge in [0.25, 0.3) is 11.8 Å². The molecule has 3 aromatic rings. The van der Waals surface area contributed by atoms with Crippen molar-refractivity contribution in [3.63, 3.8) is 0 Å². The van der Waals surface area contributed by atoms with Gasteiger partial charge >= 0.3 is 0 Å². The molecule has 27 heavy (non-hydrogen) atoms. The molecule has 1 saturated heterocycles. The number of likely N-dealkylation sites (tertiary alicyclic amines) is 1. The average molecular weight is 384 g/mol. The Hall–Kier alpha value is -2.86. The number of ether oxygens (including phenoxy) is 1. The normalized spacial score (nSPS) is 13.8. The smallest absolute Gasteiger partial charge is 0.262 e. The van der Waals surface area contributed by atoms with Crippen LogP contribution in [0.25, 0.3) is 22.8 Å². The first kappa shape index (κ1) is 17.5. The molecule has 0 bridgehead atoms. The van der Waals surface area contributed by atoms with E-state index in [9.17, 15) is 4.79 Å². The van der Waals surface area contributed by atoms with Crippen molar-refractivity contribution in [3.05, 3.63) is 53.1 Å². The molecule has 2 heterocycles. The van der Waals surface area contributed by atoms with Crippen LogP contribution in [0.1, 0.15) is 23.2 Å². The van der Waals surface area contributed by atoms with Crippen molar-refractivity contribution in [2.24, 2.45) is 0 Å². The topological polar surface area (TPSA) is 68.5 Å². The molecule has 0 unspecified atom stereocenters. The van der Waals surface area contributed by atoms with Gasteiger partial charge in [0.2, 0.25) is 5.82 Å². The fourth-order valence-electron chi connectivity index (χ4n) is 3.19. The molecule has 1 aliphatic heterocycles. The van der Waals surface area contributed by atoms with Crippen molar-refractivity contribution in [2.45, 2.75) is 12.8 Å². The van der Waals surface area contributed by atoms with Gasteiger partial charge in [-0.05, 0) is 43.2 Å². The molecule has 2 aromatic carbocycles. The first-order valence-corrected chi connectivity index (χ1v) is 9.11. The molecule has 1 fully saturated rings. The van der Waals surface area contributed by atoms with Gasteiger partial charge in [0.15, 0.2) is 0 Å². The van der Waals surface area contributed by atoms with Crippen molar-refractivity contribution >= 4 is 17.5 Å². The lowest BCUT2D eigenvalue weighted by molar-refractivity contribution is 0.0793. The number of amides is 1. The molecule has 1 aliphatic rings. The van der Waals surface area contributed by atoms with E-state index in [1.807, 2.05) is 23.1 Å². The maximum absolute atomic E-state index is 12.6. The minimum atomic E-state index is 0.0393. The third kappa shape index (κ3) is 3.53. The van der Waals surface area contributed by atoms with Gasteiger partial charge in [-0.1, -0.05) is 28.9 Å². The molecule has 0 atom stereocenters. The highest BCUT2D eigenvalue weighted by molar-refractivity contribution is 6.30. The average Bonchev–Trinajstić information content (AvgIpc) is 3.39. The highest BCUT2D eigenvalue weighted by Gasteiger charge is 2.21. The van der Waals surface area contributed by atoms with Crippen molar-refractivity contribution in [1.82, 2.24) is 15.0 Å². The predicted molar refractivity (Wildman–Crippen MR) is 102 cm³/mol. The summed E-state index contributed by atoms with van der Waals surface area (Å²) in [4.78, 5) is 18.9. The lowest BCUT2D eigenvalue weighted by atomic mass is 10.1. The highest BCUT2D eigenvalue weighted by atomic mass is 35.5. The maximum Gasteiger partial charge on any atom is 0.262 e. The Morgan fingerprint density at radius 1 is 1.19 bits per heavy atom. The molecule has 1 amide bonds. The van der Waals surface area contributed by atoms with Crippen molar-refractivity contribution in [1.29, 1.82) is 0 Å². The Bertz CT molecular complexity index is 980. The van der Waals surface area contributed by atoms with Crippen LogP contribution in [0.2, 0.25) is 5.02 Å². The summed E-state index contributed by atoms with van der Waals surface area (Å²) in [6, 6.07) is 12.5. The zero-order valence-corrected chi connectivity index (χ0v) is 15.6. The number of rotatable bonds is 4. The molecule has 0 aliphatic carbocycles. The highest BCUT2D eigenvalue weighted by Crippen LogP contribution is 2.32. The number of halogens is 1. The van der Waals surface area contributed by atoms with E-state index in [-0.39, 0.29) is 5.91 Å². The zero-order chi connectivity index (χ0) is 18.8. The Kier molecular flexibility index (Phi) is 4.81. The van der Waals surface area contributed by atoms with E-state index in [4.69, 9.17) is 20.9 Å². The minimum Gasteiger partial charge on any atom is -0.496 e. The van der Waals surface area contributed by atoms with E-state index in [0.717, 1.165) is 31.5 Å². The number of methoxy groups -OCH3 is 1. The molecular weight excluding hydrogens is 366 g/mol. The SMILES string of the molecule is COc1cc(Cl)ccc1-c1nc(-c2cccc(C(=O)N3CCCC3)c2)no1. The summed E-state index contributed by atoms with van der Waals surface area (Å²) in [5.41, 5.74) is 2.01. The second-order valence-electron chi connectivity index (χ2n) is 6.35. The third-order valence-corrected chi connectivity index (χ3v) is 4.82. The van der Waals surface area contributed by atoms with E-state index >= 15 is 0 Å². The number of hydrogen-bond acceptors (Lipinski definition) is 5. The van der Waals surface area contributed by atoms with Crippen LogP contribution in [-0.4, -0.2) is 41.1 Å². The quantitative estimate of drug-likeness (QED) is 0.671. The fraction of sp³-hybridized carbons (Fsp3) is 0.250. The van der Waals surface area contributed by atoms with E-state index in [1.165, 1.54) is 0 Å². The van der Waals surface area contributed by atoms with Gasteiger partial charge in [0.1, 0.15) is 5.75 Å².